The molecule has 0 saturated heterocycles. The van der Waals surface area contributed by atoms with Gasteiger partial charge in [-0.2, -0.15) is 0 Å². The van der Waals surface area contributed by atoms with E-state index in [1.165, 1.54) is 16.8 Å². The van der Waals surface area contributed by atoms with E-state index in [9.17, 15) is 19.2 Å². The number of nitrogens with one attached hydrogen (secondary N) is 3. The second-order valence-corrected chi connectivity index (χ2v) is 6.23. The quantitative estimate of drug-likeness (QED) is 0.647. The zero-order valence-corrected chi connectivity index (χ0v) is 15.1. The molecule has 2 aromatic rings. The van der Waals surface area contributed by atoms with E-state index < -0.39 is 17.2 Å². The highest BCUT2D eigenvalue weighted by molar-refractivity contribution is 5.96. The topological polar surface area (TPSA) is 126 Å². The molecule has 2 rings (SSSR count). The Morgan fingerprint density at radius 3 is 2.69 bits per heavy atom. The molecule has 2 heterocycles. The molecular weight excluding hydrogens is 338 g/mol. The van der Waals surface area contributed by atoms with Crippen LogP contribution in [-0.4, -0.2) is 38.9 Å². The summed E-state index contributed by atoms with van der Waals surface area (Å²) in [5.74, 6) is -0.596. The first-order chi connectivity index (χ1) is 12.3. The Bertz CT molecular complexity index is 929. The van der Waals surface area contributed by atoms with E-state index in [0.29, 0.717) is 13.0 Å². The SMILES string of the molecule is CCCn1c(=O)[nH]c(=O)c2cc(C(=O)NCCC(=O)NC(C)C)cnc21. The fraction of sp³-hybridized carbons (Fsp3) is 0.471. The van der Waals surface area contributed by atoms with Gasteiger partial charge in [-0.25, -0.2) is 9.78 Å². The van der Waals surface area contributed by atoms with Gasteiger partial charge in [0.05, 0.1) is 10.9 Å². The van der Waals surface area contributed by atoms with Crippen molar-refractivity contribution >= 4 is 22.8 Å². The van der Waals surface area contributed by atoms with Crippen LogP contribution in [0.5, 0.6) is 0 Å². The molecule has 0 aliphatic rings. The molecule has 3 N–H and O–H groups in total. The molecule has 0 aromatic carbocycles. The summed E-state index contributed by atoms with van der Waals surface area (Å²) in [5.41, 5.74) is -0.677. The Labute approximate surface area is 149 Å². The first kappa shape index (κ1) is 19.4. The molecule has 2 aromatic heterocycles. The first-order valence-corrected chi connectivity index (χ1v) is 8.54. The second kappa shape index (κ2) is 8.41. The number of hydrogen-bond acceptors (Lipinski definition) is 5. The molecule has 0 spiro atoms. The Balaban J connectivity index is 2.18. The van der Waals surface area contributed by atoms with Crippen LogP contribution in [-0.2, 0) is 11.3 Å². The Morgan fingerprint density at radius 1 is 1.31 bits per heavy atom. The number of aromatic amines is 1. The lowest BCUT2D eigenvalue weighted by Crippen LogP contribution is -2.34. The van der Waals surface area contributed by atoms with Gasteiger partial charge in [-0.05, 0) is 26.3 Å². The van der Waals surface area contributed by atoms with Crippen molar-refractivity contribution < 1.29 is 9.59 Å². The molecule has 9 nitrogen and oxygen atoms in total. The number of H-pyrrole nitrogens is 1. The van der Waals surface area contributed by atoms with Crippen LogP contribution in [0.15, 0.2) is 21.9 Å². The molecule has 26 heavy (non-hydrogen) atoms. The van der Waals surface area contributed by atoms with Gasteiger partial charge >= 0.3 is 5.69 Å². The van der Waals surface area contributed by atoms with Crippen molar-refractivity contribution in [1.29, 1.82) is 0 Å². The van der Waals surface area contributed by atoms with Crippen LogP contribution < -0.4 is 21.9 Å². The summed E-state index contributed by atoms with van der Waals surface area (Å²) in [6.07, 6.45) is 2.17. The molecule has 0 saturated carbocycles. The molecule has 9 heteroatoms. The number of carbonyl (C=O) groups is 2. The summed E-state index contributed by atoms with van der Waals surface area (Å²) in [7, 11) is 0. The zero-order valence-electron chi connectivity index (χ0n) is 15.1. The number of rotatable bonds is 7. The van der Waals surface area contributed by atoms with Gasteiger partial charge in [0.1, 0.15) is 5.65 Å². The van der Waals surface area contributed by atoms with Crippen LogP contribution >= 0.6 is 0 Å². The van der Waals surface area contributed by atoms with Gasteiger partial charge in [0.25, 0.3) is 11.5 Å². The molecule has 0 atom stereocenters. The molecule has 0 unspecified atom stereocenters. The summed E-state index contributed by atoms with van der Waals surface area (Å²) in [6.45, 7) is 6.19. The number of aryl methyl sites for hydroxylation is 1. The van der Waals surface area contributed by atoms with Crippen LogP contribution in [0.25, 0.3) is 11.0 Å². The third kappa shape index (κ3) is 4.56. The van der Waals surface area contributed by atoms with Gasteiger partial charge in [-0.1, -0.05) is 6.92 Å². The largest absolute Gasteiger partial charge is 0.354 e. The van der Waals surface area contributed by atoms with Gasteiger partial charge in [-0.3, -0.25) is 23.9 Å². The molecule has 0 fully saturated rings. The van der Waals surface area contributed by atoms with Crippen molar-refractivity contribution in [2.45, 2.75) is 46.2 Å². The van der Waals surface area contributed by atoms with Crippen LogP contribution in [0.4, 0.5) is 0 Å². The molecular formula is C17H23N5O4. The minimum absolute atomic E-state index is 0.0373. The van der Waals surface area contributed by atoms with Gasteiger partial charge in [0.15, 0.2) is 0 Å². The first-order valence-electron chi connectivity index (χ1n) is 8.54. The lowest BCUT2D eigenvalue weighted by atomic mass is 10.2. The molecule has 0 radical (unpaired) electrons. The summed E-state index contributed by atoms with van der Waals surface area (Å²) < 4.78 is 1.37. The van der Waals surface area contributed by atoms with Gasteiger partial charge < -0.3 is 10.6 Å². The predicted octanol–water partition coefficient (Wildman–Crippen LogP) is 0.139. The van der Waals surface area contributed by atoms with E-state index >= 15 is 0 Å². The fourth-order valence-electron chi connectivity index (χ4n) is 2.51. The van der Waals surface area contributed by atoms with E-state index in [1.54, 1.807) is 0 Å². The number of aromatic nitrogens is 3. The normalized spacial score (nSPS) is 10.9. The van der Waals surface area contributed by atoms with Crippen LogP contribution in [0.3, 0.4) is 0 Å². The standard InChI is InChI=1S/C17H23N5O4/c1-4-7-22-14-12(16(25)21-17(22)26)8-11(9-19-14)15(24)18-6-5-13(23)20-10(2)3/h8-10H,4-7H2,1-3H3,(H,18,24)(H,20,23)(H,21,25,26). The average molecular weight is 361 g/mol. The highest BCUT2D eigenvalue weighted by Gasteiger charge is 2.13. The van der Waals surface area contributed by atoms with E-state index in [-0.39, 0.29) is 41.5 Å². The molecule has 2 amide bonds. The highest BCUT2D eigenvalue weighted by atomic mass is 16.2. The van der Waals surface area contributed by atoms with Crippen molar-refractivity contribution in [1.82, 2.24) is 25.2 Å². The number of carbonyl (C=O) groups excluding carboxylic acids is 2. The number of pyridine rings is 1. The maximum atomic E-state index is 12.2. The average Bonchev–Trinajstić information content (AvgIpc) is 2.57. The van der Waals surface area contributed by atoms with Gasteiger partial charge in [0, 0.05) is 31.7 Å². The van der Waals surface area contributed by atoms with E-state index in [2.05, 4.69) is 20.6 Å². The minimum atomic E-state index is -0.587. The van der Waals surface area contributed by atoms with E-state index in [0.717, 1.165) is 0 Å². The number of nitrogens with zero attached hydrogens (tertiary/aromatic N) is 2. The maximum Gasteiger partial charge on any atom is 0.329 e. The summed E-state index contributed by atoms with van der Waals surface area (Å²) in [5, 5.41) is 5.52. The molecule has 0 bridgehead atoms. The summed E-state index contributed by atoms with van der Waals surface area (Å²) in [6, 6.07) is 1.44. The van der Waals surface area contributed by atoms with Crippen molar-refractivity contribution in [2.24, 2.45) is 0 Å². The van der Waals surface area contributed by atoms with Crippen molar-refractivity contribution in [3.8, 4) is 0 Å². The fourth-order valence-corrected chi connectivity index (χ4v) is 2.51. The number of fused-ring (bicyclic) bond motifs is 1. The van der Waals surface area contributed by atoms with E-state index in [1.807, 2.05) is 20.8 Å². The van der Waals surface area contributed by atoms with Crippen LogP contribution in [0.2, 0.25) is 0 Å². The summed E-state index contributed by atoms with van der Waals surface area (Å²) >= 11 is 0. The highest BCUT2D eigenvalue weighted by Crippen LogP contribution is 2.08. The zero-order chi connectivity index (χ0) is 19.3. The smallest absolute Gasteiger partial charge is 0.329 e. The third-order valence-electron chi connectivity index (χ3n) is 3.63. The van der Waals surface area contributed by atoms with Gasteiger partial charge in [-0.15, -0.1) is 0 Å². The van der Waals surface area contributed by atoms with Crippen molar-refractivity contribution in [2.75, 3.05) is 6.54 Å². The van der Waals surface area contributed by atoms with Crippen molar-refractivity contribution in [3.05, 3.63) is 38.7 Å². The minimum Gasteiger partial charge on any atom is -0.354 e. The van der Waals surface area contributed by atoms with Crippen LogP contribution in [0, 0.1) is 0 Å². The van der Waals surface area contributed by atoms with Gasteiger partial charge in [0.2, 0.25) is 5.91 Å². The number of amides is 2. The number of hydrogen-bond donors (Lipinski definition) is 3. The molecule has 0 aliphatic heterocycles. The lowest BCUT2D eigenvalue weighted by molar-refractivity contribution is -0.121. The molecule has 140 valence electrons. The molecule has 0 aliphatic carbocycles. The second-order valence-electron chi connectivity index (χ2n) is 6.23. The third-order valence-corrected chi connectivity index (χ3v) is 3.63. The monoisotopic (exact) mass is 361 g/mol. The van der Waals surface area contributed by atoms with Crippen molar-refractivity contribution in [3.63, 3.8) is 0 Å². The Kier molecular flexibility index (Phi) is 6.26. The lowest BCUT2D eigenvalue weighted by Gasteiger charge is -2.10. The predicted molar refractivity (Wildman–Crippen MR) is 97.1 cm³/mol. The summed E-state index contributed by atoms with van der Waals surface area (Å²) in [4.78, 5) is 54.1. The van der Waals surface area contributed by atoms with Crippen LogP contribution in [0.1, 0.15) is 44.0 Å². The van der Waals surface area contributed by atoms with E-state index in [4.69, 9.17) is 0 Å². The maximum absolute atomic E-state index is 12.2. The Hall–Kier alpha value is -2.97. The Morgan fingerprint density at radius 2 is 2.04 bits per heavy atom.